The van der Waals surface area contributed by atoms with Crippen LogP contribution in [0.15, 0.2) is 5.16 Å². The first-order valence-electron chi connectivity index (χ1n) is 8.52. The molecule has 0 aromatic carbocycles. The summed E-state index contributed by atoms with van der Waals surface area (Å²) in [5.74, 6) is 0.0569. The highest BCUT2D eigenvalue weighted by Crippen LogP contribution is 2.21. The van der Waals surface area contributed by atoms with Crippen LogP contribution in [0.5, 0.6) is 0 Å². The summed E-state index contributed by atoms with van der Waals surface area (Å²) in [6.07, 6.45) is 1.02. The molecule has 0 atom stereocenters. The summed E-state index contributed by atoms with van der Waals surface area (Å²) in [5, 5.41) is 37.4. The van der Waals surface area contributed by atoms with E-state index in [9.17, 15) is 0 Å². The molecule has 150 valence electrons. The molecule has 0 heterocycles. The Hall–Kier alpha value is -2.42. The largest absolute Gasteiger partial charge is 0.409 e. The van der Waals surface area contributed by atoms with Crippen molar-refractivity contribution in [1.29, 1.82) is 15.8 Å². The molecule has 0 saturated heterocycles. The molecule has 0 saturated carbocycles. The van der Waals surface area contributed by atoms with Crippen molar-refractivity contribution >= 4 is 5.84 Å². The van der Waals surface area contributed by atoms with Gasteiger partial charge in [0.2, 0.25) is 0 Å². The number of nitrogens with zero attached hydrogens (tertiary/aromatic N) is 4. The van der Waals surface area contributed by atoms with Gasteiger partial charge in [-0.25, -0.2) is 0 Å². The van der Waals surface area contributed by atoms with Gasteiger partial charge < -0.3 is 29.9 Å². The van der Waals surface area contributed by atoms with Crippen LogP contribution in [0.4, 0.5) is 0 Å². The summed E-state index contributed by atoms with van der Waals surface area (Å²) in [5.41, 5.74) is 4.74. The van der Waals surface area contributed by atoms with E-state index in [2.05, 4.69) is 5.16 Å². The quantitative estimate of drug-likeness (QED) is 0.122. The predicted octanol–water partition coefficient (Wildman–Crippen LogP) is 0.917. The normalized spacial score (nSPS) is 11.5. The van der Waals surface area contributed by atoms with Crippen molar-refractivity contribution < 1.29 is 24.2 Å². The molecule has 0 spiro atoms. The van der Waals surface area contributed by atoms with E-state index in [0.717, 1.165) is 0 Å². The van der Waals surface area contributed by atoms with Crippen LogP contribution in [0.25, 0.3) is 0 Å². The third-order valence-electron chi connectivity index (χ3n) is 3.34. The van der Waals surface area contributed by atoms with Crippen molar-refractivity contribution in [3.05, 3.63) is 0 Å². The molecule has 0 unspecified atom stereocenters. The lowest BCUT2D eigenvalue weighted by Crippen LogP contribution is -2.42. The van der Waals surface area contributed by atoms with E-state index < -0.39 is 5.41 Å². The lowest BCUT2D eigenvalue weighted by Gasteiger charge is -2.32. The maximum absolute atomic E-state index is 8.64. The van der Waals surface area contributed by atoms with Crippen LogP contribution in [0.3, 0.4) is 0 Å². The Balaban J connectivity index is 4.84. The zero-order chi connectivity index (χ0) is 20.2. The molecule has 3 N–H and O–H groups in total. The molecule has 0 aromatic heterocycles. The molecule has 0 amide bonds. The molecule has 10 heteroatoms. The Kier molecular flexibility index (Phi) is 15.5. The molecule has 0 aromatic rings. The molecular weight excluding hydrogens is 354 g/mol. The number of hydrogen-bond donors (Lipinski definition) is 2. The van der Waals surface area contributed by atoms with Gasteiger partial charge >= 0.3 is 0 Å². The Morgan fingerprint density at radius 2 is 1.15 bits per heavy atom. The zero-order valence-corrected chi connectivity index (χ0v) is 15.4. The second-order valence-corrected chi connectivity index (χ2v) is 5.78. The van der Waals surface area contributed by atoms with E-state index >= 15 is 0 Å². The van der Waals surface area contributed by atoms with Gasteiger partial charge in [-0.05, 0) is 0 Å². The summed E-state index contributed by atoms with van der Waals surface area (Å²) in [7, 11) is 0. The van der Waals surface area contributed by atoms with Gasteiger partial charge in [-0.1, -0.05) is 5.16 Å². The molecule has 0 aliphatic rings. The molecule has 0 fully saturated rings. The van der Waals surface area contributed by atoms with Crippen LogP contribution >= 0.6 is 0 Å². The highest BCUT2D eigenvalue weighted by atomic mass is 16.5. The van der Waals surface area contributed by atoms with Crippen molar-refractivity contribution in [3.8, 4) is 18.2 Å². The lowest BCUT2D eigenvalue weighted by atomic mass is 9.92. The number of nitrogens with two attached hydrogens (primary N) is 1. The molecule has 0 rings (SSSR count). The fourth-order valence-corrected chi connectivity index (χ4v) is 1.98. The van der Waals surface area contributed by atoms with Gasteiger partial charge in [-0.3, -0.25) is 0 Å². The van der Waals surface area contributed by atoms with Crippen molar-refractivity contribution in [2.24, 2.45) is 16.3 Å². The summed E-state index contributed by atoms with van der Waals surface area (Å²) in [4.78, 5) is 0. The SMILES string of the molecule is N#CCCOCC(COCCC#N)(COCCC#N)COCC/C(N)=N\O. The van der Waals surface area contributed by atoms with Crippen molar-refractivity contribution in [3.63, 3.8) is 0 Å². The van der Waals surface area contributed by atoms with E-state index in [1.54, 1.807) is 0 Å². The maximum atomic E-state index is 8.64. The monoisotopic (exact) mass is 381 g/mol. The lowest BCUT2D eigenvalue weighted by molar-refractivity contribution is -0.104. The number of amidine groups is 1. The first-order chi connectivity index (χ1) is 13.1. The van der Waals surface area contributed by atoms with E-state index in [0.29, 0.717) is 0 Å². The smallest absolute Gasteiger partial charge is 0.141 e. The Labute approximate surface area is 159 Å². The summed E-state index contributed by atoms with van der Waals surface area (Å²) in [6.45, 7) is 1.88. The molecule has 0 aliphatic carbocycles. The summed E-state index contributed by atoms with van der Waals surface area (Å²) in [6, 6.07) is 6.01. The third kappa shape index (κ3) is 13.4. The number of nitriles is 3. The van der Waals surface area contributed by atoms with Crippen LogP contribution in [-0.2, 0) is 18.9 Å². The van der Waals surface area contributed by atoms with Gasteiger partial charge in [-0.15, -0.1) is 0 Å². The average Bonchev–Trinajstić information content (AvgIpc) is 2.69. The van der Waals surface area contributed by atoms with E-state index in [1.165, 1.54) is 0 Å². The van der Waals surface area contributed by atoms with Crippen LogP contribution in [0, 0.1) is 39.4 Å². The molecule has 10 nitrogen and oxygen atoms in total. The molecule has 0 radical (unpaired) electrons. The number of rotatable bonds is 17. The molecule has 0 aliphatic heterocycles. The second-order valence-electron chi connectivity index (χ2n) is 5.78. The fourth-order valence-electron chi connectivity index (χ4n) is 1.98. The maximum Gasteiger partial charge on any atom is 0.141 e. The standard InChI is InChI=1S/C17H27N5O5/c18-5-1-8-24-12-17(13-25-9-2-6-19,14-26-10-3-7-20)15-27-11-4-16(21)22-23/h23H,1-4,8-15H2,(H2,21,22). The minimum Gasteiger partial charge on any atom is -0.409 e. The first-order valence-corrected chi connectivity index (χ1v) is 8.52. The third-order valence-corrected chi connectivity index (χ3v) is 3.34. The van der Waals surface area contributed by atoms with Gasteiger partial charge in [0.15, 0.2) is 0 Å². The zero-order valence-electron chi connectivity index (χ0n) is 15.4. The van der Waals surface area contributed by atoms with Crippen LogP contribution in [0.1, 0.15) is 25.7 Å². The predicted molar refractivity (Wildman–Crippen MR) is 94.4 cm³/mol. The van der Waals surface area contributed by atoms with E-state index in [1.807, 2.05) is 18.2 Å². The molecule has 27 heavy (non-hydrogen) atoms. The van der Waals surface area contributed by atoms with Crippen LogP contribution in [-0.4, -0.2) is 63.9 Å². The Morgan fingerprint density at radius 3 is 1.48 bits per heavy atom. The first kappa shape index (κ1) is 24.6. The van der Waals surface area contributed by atoms with Crippen LogP contribution in [0.2, 0.25) is 0 Å². The van der Waals surface area contributed by atoms with Crippen molar-refractivity contribution in [2.45, 2.75) is 25.7 Å². The van der Waals surface area contributed by atoms with Gasteiger partial charge in [0.25, 0.3) is 0 Å². The van der Waals surface area contributed by atoms with E-state index in [-0.39, 0.29) is 84.4 Å². The van der Waals surface area contributed by atoms with Crippen molar-refractivity contribution in [1.82, 2.24) is 0 Å². The Bertz CT molecular complexity index is 480. The number of ether oxygens (including phenoxy) is 4. The highest BCUT2D eigenvalue weighted by molar-refractivity contribution is 5.79. The molecule has 0 bridgehead atoms. The fraction of sp³-hybridized carbons (Fsp3) is 0.765. The number of oxime groups is 1. The van der Waals surface area contributed by atoms with Gasteiger partial charge in [0, 0.05) is 6.42 Å². The second kappa shape index (κ2) is 17.0. The Morgan fingerprint density at radius 1 is 0.778 bits per heavy atom. The van der Waals surface area contributed by atoms with Gasteiger partial charge in [0.1, 0.15) is 5.84 Å². The highest BCUT2D eigenvalue weighted by Gasteiger charge is 2.32. The number of hydrogen-bond acceptors (Lipinski definition) is 9. The van der Waals surface area contributed by atoms with Gasteiger partial charge in [0.05, 0.1) is 95.7 Å². The van der Waals surface area contributed by atoms with Crippen molar-refractivity contribution in [2.75, 3.05) is 52.9 Å². The topological polar surface area (TPSA) is 167 Å². The summed E-state index contributed by atoms with van der Waals surface area (Å²) < 4.78 is 22.4. The van der Waals surface area contributed by atoms with Crippen LogP contribution < -0.4 is 5.73 Å². The molecular formula is C17H27N5O5. The summed E-state index contributed by atoms with van der Waals surface area (Å²) >= 11 is 0. The minimum absolute atomic E-state index is 0.0569. The average molecular weight is 381 g/mol. The van der Waals surface area contributed by atoms with Gasteiger partial charge in [-0.2, -0.15) is 15.8 Å². The minimum atomic E-state index is -0.675. The van der Waals surface area contributed by atoms with E-state index in [4.69, 9.17) is 45.7 Å².